The van der Waals surface area contributed by atoms with Gasteiger partial charge in [-0.25, -0.2) is 10.9 Å². The summed E-state index contributed by atoms with van der Waals surface area (Å²) in [5.41, 5.74) is 9.58. The van der Waals surface area contributed by atoms with Crippen molar-refractivity contribution in [2.45, 2.75) is 45.1 Å². The van der Waals surface area contributed by atoms with Gasteiger partial charge in [0.1, 0.15) is 0 Å². The van der Waals surface area contributed by atoms with Crippen molar-refractivity contribution in [3.05, 3.63) is 0 Å². The highest BCUT2D eigenvalue weighted by Gasteiger charge is 2.40. The molecule has 1 heterocycles. The highest BCUT2D eigenvalue weighted by Crippen LogP contribution is 2.33. The average Bonchev–Trinajstić information content (AvgIpc) is 2.80. The fraction of sp³-hybridized carbons (Fsp3) is 0.917. The molecular formula is C12H24N4O. The van der Waals surface area contributed by atoms with Gasteiger partial charge in [-0.2, -0.15) is 5.53 Å². The Morgan fingerprint density at radius 3 is 2.41 bits per heavy atom. The van der Waals surface area contributed by atoms with Crippen LogP contribution in [0.25, 0.3) is 0 Å². The molecule has 0 radical (unpaired) electrons. The molecule has 1 spiro atoms. The number of carbonyl (C=O) groups excluding carboxylic acids is 1. The van der Waals surface area contributed by atoms with E-state index in [1.54, 1.807) is 0 Å². The molecule has 98 valence electrons. The van der Waals surface area contributed by atoms with Crippen molar-refractivity contribution in [1.82, 2.24) is 21.3 Å². The van der Waals surface area contributed by atoms with Crippen molar-refractivity contribution in [3.8, 4) is 0 Å². The van der Waals surface area contributed by atoms with E-state index in [1.165, 1.54) is 0 Å². The monoisotopic (exact) mass is 240 g/mol. The first kappa shape index (κ1) is 12.8. The topological polar surface area (TPSA) is 56.4 Å². The maximum atomic E-state index is 12.2. The first-order valence-corrected chi connectivity index (χ1v) is 6.74. The largest absolute Gasteiger partial charge is 0.343 e. The molecule has 2 rings (SSSR count). The van der Waals surface area contributed by atoms with E-state index < -0.39 is 0 Å². The number of hydrogen-bond acceptors (Lipinski definition) is 4. The Morgan fingerprint density at radius 2 is 1.94 bits per heavy atom. The first-order chi connectivity index (χ1) is 8.21. The molecule has 0 bridgehead atoms. The summed E-state index contributed by atoms with van der Waals surface area (Å²) >= 11 is 0. The molecule has 0 aromatic rings. The number of rotatable bonds is 3. The number of hydrogen-bond donors (Lipinski definition) is 3. The summed E-state index contributed by atoms with van der Waals surface area (Å²) in [6.07, 6.45) is 4.16. The van der Waals surface area contributed by atoms with E-state index in [1.807, 2.05) is 4.90 Å². The summed E-state index contributed by atoms with van der Waals surface area (Å²) in [4.78, 5) is 14.2. The molecule has 1 saturated heterocycles. The molecule has 1 aliphatic heterocycles. The summed E-state index contributed by atoms with van der Waals surface area (Å²) in [6, 6.07) is 0. The maximum absolute atomic E-state index is 12.2. The third-order valence-electron chi connectivity index (χ3n) is 4.21. The molecule has 2 fully saturated rings. The Hall–Kier alpha value is -0.650. The molecule has 17 heavy (non-hydrogen) atoms. The van der Waals surface area contributed by atoms with E-state index in [0.29, 0.717) is 5.91 Å². The van der Waals surface area contributed by atoms with Crippen LogP contribution in [0.5, 0.6) is 0 Å². The van der Waals surface area contributed by atoms with E-state index in [2.05, 4.69) is 30.2 Å². The van der Waals surface area contributed by atoms with Gasteiger partial charge in [0, 0.05) is 31.1 Å². The van der Waals surface area contributed by atoms with Crippen molar-refractivity contribution in [3.63, 3.8) is 0 Å². The molecular weight excluding hydrogens is 216 g/mol. The van der Waals surface area contributed by atoms with Gasteiger partial charge in [0.05, 0.1) is 0 Å². The van der Waals surface area contributed by atoms with Crippen molar-refractivity contribution < 1.29 is 4.79 Å². The number of amides is 1. The van der Waals surface area contributed by atoms with E-state index in [9.17, 15) is 4.79 Å². The fourth-order valence-electron chi connectivity index (χ4n) is 2.95. The van der Waals surface area contributed by atoms with Crippen LogP contribution in [0.15, 0.2) is 0 Å². The number of hydrazine groups is 2. The minimum Gasteiger partial charge on any atom is -0.343 e. The Morgan fingerprint density at radius 1 is 1.29 bits per heavy atom. The van der Waals surface area contributed by atoms with Crippen LogP contribution in [-0.4, -0.2) is 36.0 Å². The molecule has 2 aliphatic rings. The zero-order valence-electron chi connectivity index (χ0n) is 10.9. The number of carbonyl (C=O) groups is 1. The molecule has 0 atom stereocenters. The molecule has 5 heteroatoms. The van der Waals surface area contributed by atoms with Gasteiger partial charge in [0.2, 0.25) is 5.91 Å². The Labute approximate surface area is 103 Å². The predicted octanol–water partition coefficient (Wildman–Crippen LogP) is 0.396. The van der Waals surface area contributed by atoms with Crippen LogP contribution in [0.1, 0.15) is 39.5 Å². The van der Waals surface area contributed by atoms with Crippen LogP contribution in [0.4, 0.5) is 0 Å². The standard InChI is InChI=1S/C12H24N4O/c1-3-16(4-2)11(17)10-5-7-12(8-6-10)9-13-15-14-12/h10,13-15H,3-9H2,1-2H3. The second-order valence-corrected chi connectivity index (χ2v) is 5.17. The van der Waals surface area contributed by atoms with E-state index in [-0.39, 0.29) is 11.5 Å². The van der Waals surface area contributed by atoms with Gasteiger partial charge >= 0.3 is 0 Å². The van der Waals surface area contributed by atoms with Crippen molar-refractivity contribution in [1.29, 1.82) is 0 Å². The van der Waals surface area contributed by atoms with E-state index >= 15 is 0 Å². The normalized spacial score (nSPS) is 32.9. The summed E-state index contributed by atoms with van der Waals surface area (Å²) in [5.74, 6) is 0.590. The molecule has 5 nitrogen and oxygen atoms in total. The summed E-state index contributed by atoms with van der Waals surface area (Å²) in [6.45, 7) is 6.73. The van der Waals surface area contributed by atoms with Gasteiger partial charge in [0.15, 0.2) is 0 Å². The minimum atomic E-state index is 0.181. The van der Waals surface area contributed by atoms with Gasteiger partial charge in [-0.3, -0.25) is 4.79 Å². The van der Waals surface area contributed by atoms with Crippen LogP contribution < -0.4 is 16.4 Å². The number of nitrogens with zero attached hydrogens (tertiary/aromatic N) is 1. The van der Waals surface area contributed by atoms with E-state index in [0.717, 1.165) is 45.3 Å². The lowest BCUT2D eigenvalue weighted by Gasteiger charge is -2.37. The fourth-order valence-corrected chi connectivity index (χ4v) is 2.95. The Kier molecular flexibility index (Phi) is 4.01. The SMILES string of the molecule is CCN(CC)C(=O)C1CCC2(CC1)CNNN2. The summed E-state index contributed by atoms with van der Waals surface area (Å²) in [7, 11) is 0. The van der Waals surface area contributed by atoms with Gasteiger partial charge in [-0.15, -0.1) is 0 Å². The Bertz CT molecular complexity index is 262. The maximum Gasteiger partial charge on any atom is 0.225 e. The van der Waals surface area contributed by atoms with Crippen molar-refractivity contribution >= 4 is 5.91 Å². The zero-order chi connectivity index (χ0) is 12.3. The van der Waals surface area contributed by atoms with E-state index in [4.69, 9.17) is 0 Å². The molecule has 0 aromatic heterocycles. The molecule has 3 N–H and O–H groups in total. The van der Waals surface area contributed by atoms with Crippen LogP contribution in [0, 0.1) is 5.92 Å². The average molecular weight is 240 g/mol. The highest BCUT2D eigenvalue weighted by molar-refractivity contribution is 5.78. The molecule has 1 aliphatic carbocycles. The van der Waals surface area contributed by atoms with Gasteiger partial charge in [0.25, 0.3) is 0 Å². The molecule has 0 unspecified atom stereocenters. The smallest absolute Gasteiger partial charge is 0.225 e. The lowest BCUT2D eigenvalue weighted by Crippen LogP contribution is -2.50. The molecule has 0 aromatic carbocycles. The van der Waals surface area contributed by atoms with Crippen LogP contribution in [-0.2, 0) is 4.79 Å². The third-order valence-corrected chi connectivity index (χ3v) is 4.21. The lowest BCUT2D eigenvalue weighted by molar-refractivity contribution is -0.136. The first-order valence-electron chi connectivity index (χ1n) is 6.74. The number of nitrogens with one attached hydrogen (secondary N) is 3. The molecule has 1 saturated carbocycles. The van der Waals surface area contributed by atoms with Crippen molar-refractivity contribution in [2.24, 2.45) is 5.92 Å². The second-order valence-electron chi connectivity index (χ2n) is 5.17. The minimum absolute atomic E-state index is 0.181. The van der Waals surface area contributed by atoms with Crippen molar-refractivity contribution in [2.75, 3.05) is 19.6 Å². The second kappa shape index (κ2) is 5.33. The lowest BCUT2D eigenvalue weighted by atomic mass is 9.76. The van der Waals surface area contributed by atoms with Gasteiger partial charge in [-0.1, -0.05) is 0 Å². The zero-order valence-corrected chi connectivity index (χ0v) is 10.9. The van der Waals surface area contributed by atoms with Crippen LogP contribution in [0.3, 0.4) is 0 Å². The quantitative estimate of drug-likeness (QED) is 0.668. The summed E-state index contributed by atoms with van der Waals surface area (Å²) in [5, 5.41) is 0. The predicted molar refractivity (Wildman–Crippen MR) is 66.9 cm³/mol. The molecule has 1 amide bonds. The van der Waals surface area contributed by atoms with Crippen LogP contribution >= 0.6 is 0 Å². The summed E-state index contributed by atoms with van der Waals surface area (Å²) < 4.78 is 0. The van der Waals surface area contributed by atoms with Crippen LogP contribution in [0.2, 0.25) is 0 Å². The van der Waals surface area contributed by atoms with Gasteiger partial charge < -0.3 is 4.90 Å². The Balaban J connectivity index is 1.88. The van der Waals surface area contributed by atoms with Gasteiger partial charge in [-0.05, 0) is 39.5 Å². The highest BCUT2D eigenvalue weighted by atomic mass is 16.2. The third kappa shape index (κ3) is 2.61.